The van der Waals surface area contributed by atoms with Gasteiger partial charge in [-0.2, -0.15) is 0 Å². The third-order valence-corrected chi connectivity index (χ3v) is 5.79. The molecule has 23 heavy (non-hydrogen) atoms. The van der Waals surface area contributed by atoms with Crippen molar-refractivity contribution in [3.63, 3.8) is 0 Å². The van der Waals surface area contributed by atoms with Gasteiger partial charge in [0.25, 0.3) is 0 Å². The number of hydrogen-bond donors (Lipinski definition) is 0. The lowest BCUT2D eigenvalue weighted by Gasteiger charge is -2.21. The highest BCUT2D eigenvalue weighted by Gasteiger charge is 2.13. The van der Waals surface area contributed by atoms with Gasteiger partial charge in [-0.3, -0.25) is 4.98 Å². The lowest BCUT2D eigenvalue weighted by atomic mass is 10.1. The zero-order valence-electron chi connectivity index (χ0n) is 14.0. The van der Waals surface area contributed by atoms with Crippen molar-refractivity contribution in [2.75, 3.05) is 26.2 Å². The molecule has 0 saturated carbocycles. The van der Waals surface area contributed by atoms with Crippen molar-refractivity contribution in [1.82, 2.24) is 9.88 Å². The predicted molar refractivity (Wildman–Crippen MR) is 114 cm³/mol. The van der Waals surface area contributed by atoms with E-state index in [4.69, 9.17) is 4.74 Å². The van der Waals surface area contributed by atoms with Crippen LogP contribution in [-0.2, 0) is 0 Å². The molecule has 5 heteroatoms. The standard InChI is InChI=1S/C18H24I2N2O/c1-4-22(5-2)10-8-13(3)12-23-18-16(20)11-15(19)14-7-6-9-21-17(14)18/h6-7,9,11,13H,4-5,8,10,12H2,1-3H3. The average Bonchev–Trinajstić information content (AvgIpc) is 2.55. The number of rotatable bonds is 8. The third-order valence-electron chi connectivity index (χ3n) is 4.10. The monoisotopic (exact) mass is 538 g/mol. The number of ether oxygens (including phenoxy) is 1. The molecule has 0 aliphatic rings. The second-order valence-corrected chi connectivity index (χ2v) is 8.13. The summed E-state index contributed by atoms with van der Waals surface area (Å²) >= 11 is 4.71. The summed E-state index contributed by atoms with van der Waals surface area (Å²) in [6.07, 6.45) is 3.00. The molecule has 1 aromatic carbocycles. The number of aromatic nitrogens is 1. The molecule has 1 unspecified atom stereocenters. The van der Waals surface area contributed by atoms with Crippen LogP contribution < -0.4 is 4.74 Å². The smallest absolute Gasteiger partial charge is 0.158 e. The maximum Gasteiger partial charge on any atom is 0.158 e. The van der Waals surface area contributed by atoms with Crippen LogP contribution >= 0.6 is 45.2 Å². The maximum absolute atomic E-state index is 6.17. The van der Waals surface area contributed by atoms with E-state index in [9.17, 15) is 0 Å². The molecule has 126 valence electrons. The highest BCUT2D eigenvalue weighted by Crippen LogP contribution is 2.33. The first-order valence-electron chi connectivity index (χ1n) is 8.14. The average molecular weight is 538 g/mol. The van der Waals surface area contributed by atoms with Crippen LogP contribution in [0.1, 0.15) is 27.2 Å². The molecule has 1 atom stereocenters. The van der Waals surface area contributed by atoms with Crippen LogP contribution in [0.4, 0.5) is 0 Å². The number of pyridine rings is 1. The van der Waals surface area contributed by atoms with Crippen LogP contribution in [0.2, 0.25) is 0 Å². The summed E-state index contributed by atoms with van der Waals surface area (Å²) in [6.45, 7) is 10.8. The van der Waals surface area contributed by atoms with E-state index in [-0.39, 0.29) is 0 Å². The molecule has 2 rings (SSSR count). The number of hydrogen-bond acceptors (Lipinski definition) is 3. The van der Waals surface area contributed by atoms with E-state index in [2.05, 4.69) is 88.0 Å². The Morgan fingerprint density at radius 2 is 1.96 bits per heavy atom. The van der Waals surface area contributed by atoms with Gasteiger partial charge in [-0.15, -0.1) is 0 Å². The Morgan fingerprint density at radius 3 is 2.65 bits per heavy atom. The minimum absolute atomic E-state index is 0.532. The largest absolute Gasteiger partial charge is 0.490 e. The van der Waals surface area contributed by atoms with Gasteiger partial charge in [-0.05, 0) is 89.3 Å². The molecule has 0 saturated heterocycles. The molecule has 0 amide bonds. The van der Waals surface area contributed by atoms with E-state index in [1.807, 2.05) is 12.3 Å². The van der Waals surface area contributed by atoms with E-state index >= 15 is 0 Å². The third kappa shape index (κ3) is 5.16. The van der Waals surface area contributed by atoms with Crippen LogP contribution in [0, 0.1) is 13.1 Å². The van der Waals surface area contributed by atoms with Gasteiger partial charge in [-0.1, -0.05) is 26.8 Å². The molecular formula is C18H24I2N2O. The molecule has 0 spiro atoms. The summed E-state index contributed by atoms with van der Waals surface area (Å²) in [5.74, 6) is 1.46. The van der Waals surface area contributed by atoms with Gasteiger partial charge in [0.15, 0.2) is 5.75 Å². The van der Waals surface area contributed by atoms with Crippen LogP contribution in [-0.4, -0.2) is 36.1 Å². The van der Waals surface area contributed by atoms with Crippen molar-refractivity contribution < 1.29 is 4.74 Å². The van der Waals surface area contributed by atoms with Gasteiger partial charge in [0.05, 0.1) is 10.2 Å². The molecule has 0 fully saturated rings. The molecule has 0 aliphatic carbocycles. The summed E-state index contributed by atoms with van der Waals surface area (Å²) < 4.78 is 8.53. The Hall–Kier alpha value is -0.150. The minimum atomic E-state index is 0.532. The molecule has 0 bridgehead atoms. The van der Waals surface area contributed by atoms with Gasteiger partial charge in [0.2, 0.25) is 0 Å². The molecule has 2 aromatic rings. The molecular weight excluding hydrogens is 514 g/mol. The van der Waals surface area contributed by atoms with Crippen molar-refractivity contribution in [2.24, 2.45) is 5.92 Å². The maximum atomic E-state index is 6.17. The Labute approximate surface area is 166 Å². The molecule has 3 nitrogen and oxygen atoms in total. The predicted octanol–water partition coefficient (Wildman–Crippen LogP) is 5.19. The van der Waals surface area contributed by atoms with Gasteiger partial charge in [0.1, 0.15) is 5.52 Å². The summed E-state index contributed by atoms with van der Waals surface area (Å²) in [6, 6.07) is 6.26. The fourth-order valence-electron chi connectivity index (χ4n) is 2.54. The molecule has 0 N–H and O–H groups in total. The first-order chi connectivity index (χ1) is 11.1. The highest BCUT2D eigenvalue weighted by molar-refractivity contribution is 14.1. The summed E-state index contributed by atoms with van der Waals surface area (Å²) in [7, 11) is 0. The number of fused-ring (bicyclic) bond motifs is 1. The van der Waals surface area contributed by atoms with Crippen molar-refractivity contribution in [2.45, 2.75) is 27.2 Å². The highest BCUT2D eigenvalue weighted by atomic mass is 127. The van der Waals surface area contributed by atoms with Crippen molar-refractivity contribution >= 4 is 56.1 Å². The van der Waals surface area contributed by atoms with Crippen molar-refractivity contribution in [3.05, 3.63) is 31.5 Å². The van der Waals surface area contributed by atoms with E-state index < -0.39 is 0 Å². The molecule has 1 heterocycles. The first-order valence-corrected chi connectivity index (χ1v) is 10.3. The second kappa shape index (κ2) is 9.36. The topological polar surface area (TPSA) is 25.4 Å². The van der Waals surface area contributed by atoms with Crippen LogP contribution in [0.3, 0.4) is 0 Å². The van der Waals surface area contributed by atoms with Gasteiger partial charge in [0, 0.05) is 15.2 Å². The Morgan fingerprint density at radius 1 is 1.22 bits per heavy atom. The van der Waals surface area contributed by atoms with Gasteiger partial charge >= 0.3 is 0 Å². The number of halogens is 2. The zero-order valence-corrected chi connectivity index (χ0v) is 18.3. The van der Waals surface area contributed by atoms with Gasteiger partial charge in [-0.25, -0.2) is 0 Å². The summed E-state index contributed by atoms with van der Waals surface area (Å²) in [5.41, 5.74) is 0.972. The second-order valence-electron chi connectivity index (χ2n) is 5.80. The normalized spacial score (nSPS) is 12.8. The summed E-state index contributed by atoms with van der Waals surface area (Å²) in [4.78, 5) is 7.00. The number of benzene rings is 1. The van der Waals surface area contributed by atoms with E-state index in [0.29, 0.717) is 5.92 Å². The number of nitrogens with zero attached hydrogens (tertiary/aromatic N) is 2. The zero-order chi connectivity index (χ0) is 16.8. The lowest BCUT2D eigenvalue weighted by Crippen LogP contribution is -2.26. The fourth-order valence-corrected chi connectivity index (χ4v) is 4.60. The Kier molecular flexibility index (Phi) is 7.81. The summed E-state index contributed by atoms with van der Waals surface area (Å²) in [5, 5.41) is 1.17. The van der Waals surface area contributed by atoms with E-state index in [0.717, 1.165) is 47.5 Å². The van der Waals surface area contributed by atoms with Crippen molar-refractivity contribution in [3.8, 4) is 5.75 Å². The quantitative estimate of drug-likeness (QED) is 0.433. The first kappa shape index (κ1) is 19.2. The van der Waals surface area contributed by atoms with Gasteiger partial charge < -0.3 is 9.64 Å². The Balaban J connectivity index is 2.05. The molecule has 0 aliphatic heterocycles. The van der Waals surface area contributed by atoms with Crippen LogP contribution in [0.25, 0.3) is 10.9 Å². The van der Waals surface area contributed by atoms with E-state index in [1.54, 1.807) is 0 Å². The van der Waals surface area contributed by atoms with E-state index in [1.165, 1.54) is 8.96 Å². The van der Waals surface area contributed by atoms with Crippen LogP contribution in [0.15, 0.2) is 24.4 Å². The van der Waals surface area contributed by atoms with Crippen LogP contribution in [0.5, 0.6) is 5.75 Å². The molecule has 1 aromatic heterocycles. The fraction of sp³-hybridized carbons (Fsp3) is 0.500. The minimum Gasteiger partial charge on any atom is -0.490 e. The van der Waals surface area contributed by atoms with Crippen molar-refractivity contribution in [1.29, 1.82) is 0 Å². The SMILES string of the molecule is CCN(CC)CCC(C)COc1c(I)cc(I)c2cccnc12. The Bertz CT molecular complexity index is 644. The lowest BCUT2D eigenvalue weighted by molar-refractivity contribution is 0.221. The molecule has 0 radical (unpaired) electrons.